The molecule has 162 valence electrons. The van der Waals surface area contributed by atoms with E-state index >= 15 is 0 Å². The van der Waals surface area contributed by atoms with Crippen LogP contribution in [-0.4, -0.2) is 32.2 Å². The maximum Gasteiger partial charge on any atom is 0.340 e. The normalized spacial score (nSPS) is 19.6. The number of cyclic esters (lactones) is 1. The minimum absolute atomic E-state index is 0.207. The third-order valence-corrected chi connectivity index (χ3v) is 6.91. The van der Waals surface area contributed by atoms with Crippen LogP contribution in [0.5, 0.6) is 5.75 Å². The van der Waals surface area contributed by atoms with Gasteiger partial charge in [0, 0.05) is 22.8 Å². The summed E-state index contributed by atoms with van der Waals surface area (Å²) in [6, 6.07) is 11.8. The molecular weight excluding hydrogens is 416 g/mol. The van der Waals surface area contributed by atoms with Crippen LogP contribution in [-0.2, 0) is 29.6 Å². The molecule has 0 atom stereocenters. The number of hydrogen-bond donors (Lipinski definition) is 0. The standard InChI is InChI=1S/C24H24O6S/c1-23(2)13-19(25)29-18-11-8-15(12-17(18)23)20-21(24(3,4)30-22(20)26)14-6-9-16(10-7-14)31(5,27)28/h6-12H,13H2,1-5H3. The average molecular weight is 441 g/mol. The van der Waals surface area contributed by atoms with E-state index in [1.807, 2.05) is 33.8 Å². The smallest absolute Gasteiger partial charge is 0.340 e. The van der Waals surface area contributed by atoms with Gasteiger partial charge in [-0.05, 0) is 49.2 Å². The fraction of sp³-hybridized carbons (Fsp3) is 0.333. The average Bonchev–Trinajstić information content (AvgIpc) is 2.88. The van der Waals surface area contributed by atoms with Crippen molar-refractivity contribution in [3.63, 3.8) is 0 Å². The van der Waals surface area contributed by atoms with Crippen LogP contribution >= 0.6 is 0 Å². The van der Waals surface area contributed by atoms with E-state index in [0.29, 0.717) is 28.0 Å². The van der Waals surface area contributed by atoms with E-state index in [-0.39, 0.29) is 17.3 Å². The van der Waals surface area contributed by atoms with Gasteiger partial charge in [-0.15, -0.1) is 0 Å². The van der Waals surface area contributed by atoms with Crippen molar-refractivity contribution in [2.75, 3.05) is 6.26 Å². The van der Waals surface area contributed by atoms with Crippen LogP contribution in [0.4, 0.5) is 0 Å². The fourth-order valence-electron chi connectivity index (χ4n) is 4.28. The predicted octanol–water partition coefficient (Wildman–Crippen LogP) is 3.92. The van der Waals surface area contributed by atoms with Crippen molar-refractivity contribution in [1.29, 1.82) is 0 Å². The van der Waals surface area contributed by atoms with Gasteiger partial charge in [0.1, 0.15) is 11.4 Å². The van der Waals surface area contributed by atoms with Gasteiger partial charge in [-0.1, -0.05) is 32.0 Å². The van der Waals surface area contributed by atoms with E-state index in [1.54, 1.807) is 24.3 Å². The molecule has 6 nitrogen and oxygen atoms in total. The van der Waals surface area contributed by atoms with Crippen LogP contribution < -0.4 is 4.74 Å². The highest BCUT2D eigenvalue weighted by molar-refractivity contribution is 7.90. The van der Waals surface area contributed by atoms with Gasteiger partial charge in [-0.3, -0.25) is 4.79 Å². The second kappa shape index (κ2) is 6.79. The van der Waals surface area contributed by atoms with Crippen molar-refractivity contribution < 1.29 is 27.5 Å². The van der Waals surface area contributed by atoms with Crippen LogP contribution in [0, 0.1) is 0 Å². The van der Waals surface area contributed by atoms with Crippen LogP contribution in [0.2, 0.25) is 0 Å². The van der Waals surface area contributed by atoms with Crippen molar-refractivity contribution in [2.45, 2.75) is 50.0 Å². The van der Waals surface area contributed by atoms with Gasteiger partial charge in [0.2, 0.25) is 0 Å². The monoisotopic (exact) mass is 440 g/mol. The molecule has 0 aromatic heterocycles. The lowest BCUT2D eigenvalue weighted by Gasteiger charge is -2.31. The summed E-state index contributed by atoms with van der Waals surface area (Å²) in [5.74, 6) is -0.231. The summed E-state index contributed by atoms with van der Waals surface area (Å²) in [4.78, 5) is 25.0. The number of ether oxygens (including phenoxy) is 2. The molecule has 2 aliphatic rings. The Balaban J connectivity index is 1.91. The maximum atomic E-state index is 12.9. The molecule has 0 unspecified atom stereocenters. The number of hydrogen-bond acceptors (Lipinski definition) is 6. The lowest BCUT2D eigenvalue weighted by Crippen LogP contribution is -2.30. The minimum Gasteiger partial charge on any atom is -0.451 e. The molecule has 2 heterocycles. The summed E-state index contributed by atoms with van der Waals surface area (Å²) < 4.78 is 34.7. The van der Waals surface area contributed by atoms with Crippen molar-refractivity contribution in [2.24, 2.45) is 0 Å². The van der Waals surface area contributed by atoms with E-state index in [1.165, 1.54) is 12.1 Å². The minimum atomic E-state index is -3.33. The van der Waals surface area contributed by atoms with Crippen LogP contribution in [0.3, 0.4) is 0 Å². The van der Waals surface area contributed by atoms with Crippen molar-refractivity contribution in [1.82, 2.24) is 0 Å². The van der Waals surface area contributed by atoms with Crippen LogP contribution in [0.25, 0.3) is 11.1 Å². The fourth-order valence-corrected chi connectivity index (χ4v) is 4.91. The second-order valence-corrected chi connectivity index (χ2v) is 11.2. The highest BCUT2D eigenvalue weighted by Gasteiger charge is 2.42. The molecule has 0 fully saturated rings. The molecule has 0 radical (unpaired) electrons. The van der Waals surface area contributed by atoms with Gasteiger partial charge in [-0.25, -0.2) is 13.2 Å². The molecule has 0 amide bonds. The highest BCUT2D eigenvalue weighted by atomic mass is 32.2. The SMILES string of the molecule is CC1(C)OC(=O)C(c2ccc3c(c2)C(C)(C)CC(=O)O3)=C1c1ccc(S(C)(=O)=O)cc1. The molecule has 4 rings (SSSR count). The zero-order valence-corrected chi connectivity index (χ0v) is 18.9. The van der Waals surface area contributed by atoms with Gasteiger partial charge in [0.25, 0.3) is 0 Å². The Bertz CT molecular complexity index is 1250. The maximum absolute atomic E-state index is 12.9. The molecule has 2 aromatic rings. The Morgan fingerprint density at radius 1 is 0.903 bits per heavy atom. The van der Waals surface area contributed by atoms with E-state index < -0.39 is 26.8 Å². The summed E-state index contributed by atoms with van der Waals surface area (Å²) >= 11 is 0. The lowest BCUT2D eigenvalue weighted by atomic mass is 9.78. The Morgan fingerprint density at radius 2 is 1.52 bits per heavy atom. The second-order valence-electron chi connectivity index (χ2n) is 9.19. The van der Waals surface area contributed by atoms with Gasteiger partial charge in [-0.2, -0.15) is 0 Å². The number of benzene rings is 2. The van der Waals surface area contributed by atoms with Gasteiger partial charge >= 0.3 is 11.9 Å². The highest BCUT2D eigenvalue weighted by Crippen LogP contribution is 2.46. The molecular formula is C24H24O6S. The molecule has 2 aliphatic heterocycles. The molecule has 0 saturated heterocycles. The number of esters is 2. The van der Waals surface area contributed by atoms with Crippen molar-refractivity contribution in [3.8, 4) is 5.75 Å². The number of carbonyl (C=O) groups is 2. The van der Waals surface area contributed by atoms with Gasteiger partial charge in [0.05, 0.1) is 16.9 Å². The zero-order valence-electron chi connectivity index (χ0n) is 18.1. The Labute approximate surface area is 181 Å². The van der Waals surface area contributed by atoms with E-state index in [4.69, 9.17) is 9.47 Å². The summed E-state index contributed by atoms with van der Waals surface area (Å²) in [6.45, 7) is 7.54. The third kappa shape index (κ3) is 3.67. The molecule has 2 aromatic carbocycles. The largest absolute Gasteiger partial charge is 0.451 e. The summed E-state index contributed by atoms with van der Waals surface area (Å²) in [6.07, 6.45) is 1.40. The quantitative estimate of drug-likeness (QED) is 0.531. The van der Waals surface area contributed by atoms with E-state index in [2.05, 4.69) is 0 Å². The molecule has 0 spiro atoms. The van der Waals surface area contributed by atoms with Gasteiger partial charge < -0.3 is 9.47 Å². The number of fused-ring (bicyclic) bond motifs is 1. The van der Waals surface area contributed by atoms with Crippen molar-refractivity contribution >= 4 is 32.9 Å². The third-order valence-electron chi connectivity index (χ3n) is 5.78. The Hall–Kier alpha value is -2.93. The molecule has 31 heavy (non-hydrogen) atoms. The lowest BCUT2D eigenvalue weighted by molar-refractivity contribution is -0.142. The Morgan fingerprint density at radius 3 is 2.13 bits per heavy atom. The van der Waals surface area contributed by atoms with Crippen LogP contribution in [0.15, 0.2) is 47.4 Å². The molecule has 0 saturated carbocycles. The summed E-state index contributed by atoms with van der Waals surface area (Å²) in [7, 11) is -3.33. The van der Waals surface area contributed by atoms with Crippen molar-refractivity contribution in [3.05, 3.63) is 59.2 Å². The number of rotatable bonds is 3. The van der Waals surface area contributed by atoms with E-state index in [0.717, 1.165) is 11.8 Å². The van der Waals surface area contributed by atoms with Crippen LogP contribution in [0.1, 0.15) is 50.8 Å². The zero-order chi connectivity index (χ0) is 22.8. The number of sulfone groups is 1. The molecule has 0 N–H and O–H groups in total. The molecule has 7 heteroatoms. The van der Waals surface area contributed by atoms with E-state index in [9.17, 15) is 18.0 Å². The van der Waals surface area contributed by atoms with Gasteiger partial charge in [0.15, 0.2) is 9.84 Å². The number of carbonyl (C=O) groups excluding carboxylic acids is 2. The summed E-state index contributed by atoms with van der Waals surface area (Å²) in [5, 5.41) is 0. The molecule has 0 bridgehead atoms. The first-order valence-electron chi connectivity index (χ1n) is 9.94. The predicted molar refractivity (Wildman–Crippen MR) is 116 cm³/mol. The topological polar surface area (TPSA) is 86.7 Å². The molecule has 0 aliphatic carbocycles. The first-order chi connectivity index (χ1) is 14.3. The summed E-state index contributed by atoms with van der Waals surface area (Å²) in [5.41, 5.74) is 2.01. The first-order valence-corrected chi connectivity index (χ1v) is 11.8. The first kappa shape index (κ1) is 21.3. The Kier molecular flexibility index (Phi) is 4.66.